The van der Waals surface area contributed by atoms with Gasteiger partial charge in [0.15, 0.2) is 0 Å². The van der Waals surface area contributed by atoms with Crippen LogP contribution < -0.4 is 15.0 Å². The van der Waals surface area contributed by atoms with Crippen molar-refractivity contribution in [1.29, 1.82) is 0 Å². The zero-order valence-corrected chi connectivity index (χ0v) is 25.2. The third-order valence-electron chi connectivity index (χ3n) is 7.53. The number of nitrogens with zero attached hydrogens (tertiary/aromatic N) is 5. The van der Waals surface area contributed by atoms with Gasteiger partial charge in [0.2, 0.25) is 5.88 Å². The minimum Gasteiger partial charge on any atom is -0.480 e. The van der Waals surface area contributed by atoms with E-state index in [1.54, 1.807) is 18.5 Å². The maximum Gasteiger partial charge on any atom is 0.416 e. The molecule has 0 saturated carbocycles. The minimum atomic E-state index is -4.43. The first-order valence-corrected chi connectivity index (χ1v) is 14.2. The number of nitrogens with one attached hydrogen (secondary N) is 1. The Morgan fingerprint density at radius 3 is 2.43 bits per heavy atom. The Morgan fingerprint density at radius 1 is 1.00 bits per heavy atom. The predicted molar refractivity (Wildman–Crippen MR) is 163 cm³/mol. The Labute approximate surface area is 260 Å². The number of benzene rings is 1. The van der Waals surface area contributed by atoms with E-state index in [2.05, 4.69) is 25.1 Å². The van der Waals surface area contributed by atoms with Crippen LogP contribution in [0.25, 0.3) is 11.1 Å². The van der Waals surface area contributed by atoms with Crippen LogP contribution in [0.1, 0.15) is 11.3 Å². The number of aryl methyl sites for hydroxylation is 1. The number of ether oxygens (including phenoxy) is 2. The van der Waals surface area contributed by atoms with Gasteiger partial charge < -0.3 is 24.8 Å². The van der Waals surface area contributed by atoms with Crippen LogP contribution in [0.3, 0.4) is 0 Å². The van der Waals surface area contributed by atoms with Crippen molar-refractivity contribution in [2.75, 3.05) is 82.4 Å². The molecule has 2 aliphatic rings. The number of pyridine rings is 2. The largest absolute Gasteiger partial charge is 0.480 e. The van der Waals surface area contributed by atoms with Gasteiger partial charge in [-0.25, -0.2) is 4.98 Å². The Kier molecular flexibility index (Phi) is 11.2. The van der Waals surface area contributed by atoms with E-state index in [1.807, 2.05) is 24.0 Å². The molecule has 0 bridgehead atoms. The van der Waals surface area contributed by atoms with Gasteiger partial charge in [-0.1, -0.05) is 6.07 Å². The van der Waals surface area contributed by atoms with E-state index < -0.39 is 17.7 Å². The molecule has 238 valence electrons. The van der Waals surface area contributed by atoms with Crippen molar-refractivity contribution in [2.45, 2.75) is 13.1 Å². The summed E-state index contributed by atoms with van der Waals surface area (Å²) in [6.45, 7) is 8.54. The zero-order valence-electron chi connectivity index (χ0n) is 24.3. The predicted octanol–water partition coefficient (Wildman–Crippen LogP) is 4.55. The molecule has 0 amide bonds. The number of rotatable bonds is 10. The number of morpholine rings is 1. The number of carboxylic acid groups (broad SMARTS) is 1. The first-order valence-electron chi connectivity index (χ1n) is 14.2. The number of aromatic nitrogens is 2. The third kappa shape index (κ3) is 8.72. The van der Waals surface area contributed by atoms with Gasteiger partial charge in [-0.3, -0.25) is 19.6 Å². The molecular weight excluding hydrogens is 601 g/mol. The van der Waals surface area contributed by atoms with Crippen molar-refractivity contribution >= 4 is 35.4 Å². The fourth-order valence-corrected chi connectivity index (χ4v) is 5.20. The number of aliphatic carboxylic acids is 1. The Bertz CT molecular complexity index is 1420. The van der Waals surface area contributed by atoms with Crippen LogP contribution in [0.2, 0.25) is 0 Å². The first-order chi connectivity index (χ1) is 20.7. The van der Waals surface area contributed by atoms with Crippen LogP contribution in [-0.4, -0.2) is 103 Å². The van der Waals surface area contributed by atoms with E-state index in [1.165, 1.54) is 6.07 Å². The Morgan fingerprint density at radius 2 is 1.73 bits per heavy atom. The van der Waals surface area contributed by atoms with Crippen LogP contribution in [0.15, 0.2) is 48.8 Å². The molecule has 0 radical (unpaired) electrons. The summed E-state index contributed by atoms with van der Waals surface area (Å²) in [6, 6.07) is 8.91. The quantitative estimate of drug-likeness (QED) is 0.329. The maximum atomic E-state index is 13.2. The fraction of sp³-hybridized carbons (Fsp3) is 0.433. The van der Waals surface area contributed by atoms with E-state index in [0.29, 0.717) is 69.8 Å². The Hall–Kier alpha value is -3.65. The second kappa shape index (κ2) is 14.9. The minimum absolute atomic E-state index is 0. The fourth-order valence-electron chi connectivity index (χ4n) is 5.20. The topological polar surface area (TPSA) is 103 Å². The van der Waals surface area contributed by atoms with E-state index in [0.717, 1.165) is 47.7 Å². The standard InChI is InChI=1S/C30H35F3N6O4.ClH/c1-21-26(17-25(19-34-21)36-24-4-2-3-23(16-24)30(31,32)33)22-15-27(39-10-12-42-13-11-39)29(35-18-22)43-14-9-37-5-7-38(8-6-37)20-28(40)41;/h2-4,15-19,36H,5-14,20H2,1H3,(H,40,41);1H. The van der Waals surface area contributed by atoms with Gasteiger partial charge in [0.05, 0.1) is 37.2 Å². The van der Waals surface area contributed by atoms with Gasteiger partial charge in [0, 0.05) is 74.5 Å². The summed E-state index contributed by atoms with van der Waals surface area (Å²) in [5.41, 5.74) is 3.32. The number of anilines is 3. The lowest BCUT2D eigenvalue weighted by Crippen LogP contribution is -2.48. The zero-order chi connectivity index (χ0) is 30.4. The van der Waals surface area contributed by atoms with Crippen LogP contribution in [0, 0.1) is 6.92 Å². The van der Waals surface area contributed by atoms with Crippen molar-refractivity contribution in [3.63, 3.8) is 0 Å². The number of alkyl halides is 3. The maximum absolute atomic E-state index is 13.2. The monoisotopic (exact) mass is 636 g/mol. The normalized spacial score (nSPS) is 16.3. The van der Waals surface area contributed by atoms with Gasteiger partial charge in [0.1, 0.15) is 12.3 Å². The summed E-state index contributed by atoms with van der Waals surface area (Å²) in [7, 11) is 0. The number of hydrogen-bond acceptors (Lipinski definition) is 9. The van der Waals surface area contributed by atoms with Gasteiger partial charge in [0.25, 0.3) is 0 Å². The molecule has 3 aromatic rings. The van der Waals surface area contributed by atoms with Gasteiger partial charge in [-0.05, 0) is 37.3 Å². The molecule has 10 nitrogen and oxygen atoms in total. The number of carboxylic acids is 1. The average molecular weight is 637 g/mol. The van der Waals surface area contributed by atoms with Crippen LogP contribution in [-0.2, 0) is 15.7 Å². The SMILES string of the molecule is Cc1ncc(Nc2cccc(C(F)(F)F)c2)cc1-c1cnc(OCCN2CCN(CC(=O)O)CC2)c(N2CCOCC2)c1.Cl. The number of carbonyl (C=O) groups is 1. The van der Waals surface area contributed by atoms with Gasteiger partial charge in [-0.15, -0.1) is 12.4 Å². The number of piperazine rings is 1. The van der Waals surface area contributed by atoms with E-state index >= 15 is 0 Å². The number of hydrogen-bond donors (Lipinski definition) is 2. The second-order valence-corrected chi connectivity index (χ2v) is 10.6. The molecule has 0 atom stereocenters. The molecule has 44 heavy (non-hydrogen) atoms. The molecular formula is C30H36ClF3N6O4. The molecule has 0 unspecified atom stereocenters. The van der Waals surface area contributed by atoms with Crippen molar-refractivity contribution in [3.8, 4) is 17.0 Å². The summed E-state index contributed by atoms with van der Waals surface area (Å²) in [5, 5.41) is 12.1. The van der Waals surface area contributed by atoms with Gasteiger partial charge in [-0.2, -0.15) is 13.2 Å². The van der Waals surface area contributed by atoms with Crippen molar-refractivity contribution < 1.29 is 32.5 Å². The summed E-state index contributed by atoms with van der Waals surface area (Å²) in [6.07, 6.45) is -1.12. The second-order valence-electron chi connectivity index (χ2n) is 10.6. The highest BCUT2D eigenvalue weighted by Crippen LogP contribution is 2.35. The van der Waals surface area contributed by atoms with Crippen molar-refractivity contribution in [2.24, 2.45) is 0 Å². The molecule has 1 aromatic carbocycles. The van der Waals surface area contributed by atoms with Crippen molar-refractivity contribution in [3.05, 3.63) is 60.0 Å². The molecule has 2 saturated heterocycles. The summed E-state index contributed by atoms with van der Waals surface area (Å²) < 4.78 is 51.3. The molecule has 2 N–H and O–H groups in total. The number of halogens is 4. The molecule has 0 spiro atoms. The lowest BCUT2D eigenvalue weighted by Gasteiger charge is -2.34. The van der Waals surface area contributed by atoms with Gasteiger partial charge >= 0.3 is 12.1 Å². The van der Waals surface area contributed by atoms with E-state index in [-0.39, 0.29) is 19.0 Å². The highest BCUT2D eigenvalue weighted by Gasteiger charge is 2.30. The van der Waals surface area contributed by atoms with Crippen LogP contribution >= 0.6 is 12.4 Å². The molecule has 2 aliphatic heterocycles. The average Bonchev–Trinajstić information content (AvgIpc) is 2.99. The molecule has 2 fully saturated rings. The van der Waals surface area contributed by atoms with Crippen molar-refractivity contribution in [1.82, 2.24) is 19.8 Å². The van der Waals surface area contributed by atoms with Crippen LogP contribution in [0.4, 0.5) is 30.2 Å². The van der Waals surface area contributed by atoms with E-state index in [9.17, 15) is 18.0 Å². The summed E-state index contributed by atoms with van der Waals surface area (Å²) in [5.74, 6) is -0.300. The molecule has 2 aromatic heterocycles. The summed E-state index contributed by atoms with van der Waals surface area (Å²) in [4.78, 5) is 26.5. The molecule has 14 heteroatoms. The molecule has 0 aliphatic carbocycles. The lowest BCUT2D eigenvalue weighted by atomic mass is 10.0. The third-order valence-corrected chi connectivity index (χ3v) is 7.53. The van der Waals surface area contributed by atoms with E-state index in [4.69, 9.17) is 14.6 Å². The molecule has 4 heterocycles. The first kappa shape index (κ1) is 33.2. The highest BCUT2D eigenvalue weighted by atomic mass is 35.5. The molecule has 5 rings (SSSR count). The highest BCUT2D eigenvalue weighted by molar-refractivity contribution is 5.85. The Balaban J connectivity index is 0.00000442. The van der Waals surface area contributed by atoms with Crippen LogP contribution in [0.5, 0.6) is 5.88 Å². The smallest absolute Gasteiger partial charge is 0.416 e. The lowest BCUT2D eigenvalue weighted by molar-refractivity contribution is -0.139. The summed E-state index contributed by atoms with van der Waals surface area (Å²) >= 11 is 0.